The Hall–Kier alpha value is -3.75. The predicted molar refractivity (Wildman–Crippen MR) is 113 cm³/mol. The molecule has 0 aliphatic carbocycles. The van der Waals surface area contributed by atoms with Crippen molar-refractivity contribution in [2.75, 3.05) is 13.1 Å². The van der Waals surface area contributed by atoms with Crippen LogP contribution in [0.4, 0.5) is 0 Å². The quantitative estimate of drug-likeness (QED) is 0.545. The molecule has 1 atom stereocenters. The Morgan fingerprint density at radius 2 is 2.10 bits per heavy atom. The topological polar surface area (TPSA) is 110 Å². The van der Waals surface area contributed by atoms with Gasteiger partial charge in [-0.1, -0.05) is 35.0 Å². The highest BCUT2D eigenvalue weighted by Crippen LogP contribution is 2.26. The first-order valence-electron chi connectivity index (χ1n) is 10.3. The minimum absolute atomic E-state index is 0.0764. The number of furan rings is 1. The molecule has 1 fully saturated rings. The monoisotopic (exact) mass is 418 g/mol. The Balaban J connectivity index is 1.43. The molecule has 5 rings (SSSR count). The van der Waals surface area contributed by atoms with E-state index in [9.17, 15) is 9.59 Å². The van der Waals surface area contributed by atoms with Crippen LogP contribution in [-0.4, -0.2) is 48.9 Å². The zero-order valence-corrected chi connectivity index (χ0v) is 17.1. The lowest BCUT2D eigenvalue weighted by Crippen LogP contribution is -2.39. The van der Waals surface area contributed by atoms with Crippen LogP contribution in [0.25, 0.3) is 11.2 Å². The summed E-state index contributed by atoms with van der Waals surface area (Å²) in [4.78, 5) is 34.6. The van der Waals surface area contributed by atoms with Gasteiger partial charge in [0.2, 0.25) is 0 Å². The van der Waals surface area contributed by atoms with Crippen LogP contribution in [-0.2, 0) is 6.54 Å². The van der Waals surface area contributed by atoms with E-state index in [0.717, 1.165) is 18.4 Å². The first-order chi connectivity index (χ1) is 15.1. The molecule has 0 bridgehead atoms. The highest BCUT2D eigenvalue weighted by atomic mass is 16.3. The summed E-state index contributed by atoms with van der Waals surface area (Å²) < 4.78 is 6.90. The first-order valence-corrected chi connectivity index (χ1v) is 10.3. The fourth-order valence-corrected chi connectivity index (χ4v) is 3.99. The van der Waals surface area contributed by atoms with Crippen LogP contribution in [0, 0.1) is 6.92 Å². The molecule has 3 aromatic heterocycles. The number of nitrogens with zero attached hydrogens (tertiary/aromatic N) is 5. The third-order valence-electron chi connectivity index (χ3n) is 5.67. The molecule has 1 N–H and O–H groups in total. The minimum atomic E-state index is -0.315. The average Bonchev–Trinajstić information content (AvgIpc) is 3.46. The molecule has 4 heterocycles. The van der Waals surface area contributed by atoms with E-state index >= 15 is 0 Å². The summed E-state index contributed by atoms with van der Waals surface area (Å²) >= 11 is 0. The number of fused-ring (bicyclic) bond motifs is 1. The number of nitrogens with one attached hydrogen (secondary N) is 1. The molecule has 1 amide bonds. The summed E-state index contributed by atoms with van der Waals surface area (Å²) in [6.07, 6.45) is 3.14. The maximum Gasteiger partial charge on any atom is 0.289 e. The smallest absolute Gasteiger partial charge is 0.289 e. The van der Waals surface area contributed by atoms with Gasteiger partial charge in [-0.2, -0.15) is 0 Å². The Kier molecular flexibility index (Phi) is 4.85. The van der Waals surface area contributed by atoms with Crippen molar-refractivity contribution in [2.24, 2.45) is 0 Å². The van der Waals surface area contributed by atoms with Gasteiger partial charge >= 0.3 is 0 Å². The first kappa shape index (κ1) is 19.2. The number of H-pyrrole nitrogens is 1. The van der Waals surface area contributed by atoms with Crippen LogP contribution in [0.15, 0.2) is 51.9 Å². The largest absolute Gasteiger partial charge is 0.459 e. The molecule has 9 heteroatoms. The molecule has 0 saturated carbocycles. The Bertz CT molecular complexity index is 1270. The number of amides is 1. The molecule has 1 aliphatic rings. The Morgan fingerprint density at radius 3 is 2.87 bits per heavy atom. The van der Waals surface area contributed by atoms with Gasteiger partial charge in [-0.05, 0) is 37.5 Å². The number of aryl methyl sites for hydroxylation is 1. The minimum Gasteiger partial charge on any atom is -0.459 e. The van der Waals surface area contributed by atoms with Crippen molar-refractivity contribution in [3.8, 4) is 0 Å². The Labute approximate surface area is 177 Å². The van der Waals surface area contributed by atoms with Gasteiger partial charge in [0.25, 0.3) is 11.5 Å². The van der Waals surface area contributed by atoms with Gasteiger partial charge in [-0.15, -0.1) is 5.10 Å². The number of benzene rings is 1. The molecule has 4 aromatic rings. The van der Waals surface area contributed by atoms with Crippen LogP contribution in [0.3, 0.4) is 0 Å². The zero-order chi connectivity index (χ0) is 21.4. The Morgan fingerprint density at radius 1 is 1.26 bits per heavy atom. The SMILES string of the molecule is Cc1ccc(Cn2nnc3c(=O)[nH]c([C@H]4CCCN(C(=O)c5ccco5)C4)nc32)cc1. The van der Waals surface area contributed by atoms with E-state index in [4.69, 9.17) is 9.40 Å². The van der Waals surface area contributed by atoms with E-state index in [1.807, 2.05) is 31.2 Å². The summed E-state index contributed by atoms with van der Waals surface area (Å²) in [5, 5.41) is 8.17. The second-order valence-corrected chi connectivity index (χ2v) is 7.92. The number of piperidine rings is 1. The lowest BCUT2D eigenvalue weighted by molar-refractivity contribution is 0.0672. The molecule has 0 spiro atoms. The van der Waals surface area contributed by atoms with E-state index in [0.29, 0.717) is 36.9 Å². The van der Waals surface area contributed by atoms with E-state index < -0.39 is 0 Å². The molecule has 1 aromatic carbocycles. The lowest BCUT2D eigenvalue weighted by Gasteiger charge is -2.31. The fourth-order valence-electron chi connectivity index (χ4n) is 3.99. The van der Waals surface area contributed by atoms with Crippen molar-refractivity contribution in [1.29, 1.82) is 0 Å². The van der Waals surface area contributed by atoms with Gasteiger partial charge in [0, 0.05) is 19.0 Å². The molecular formula is C22H22N6O3. The number of carbonyl (C=O) groups is 1. The highest BCUT2D eigenvalue weighted by Gasteiger charge is 2.29. The van der Waals surface area contributed by atoms with Crippen LogP contribution in [0.2, 0.25) is 0 Å². The molecule has 158 valence electrons. The molecule has 1 aliphatic heterocycles. The number of rotatable bonds is 4. The van der Waals surface area contributed by atoms with Gasteiger partial charge in [-0.25, -0.2) is 9.67 Å². The zero-order valence-electron chi connectivity index (χ0n) is 17.1. The van der Waals surface area contributed by atoms with Crippen LogP contribution in [0.5, 0.6) is 0 Å². The standard InChI is InChI=1S/C22H22N6O3/c1-14-6-8-15(9-7-14)12-28-20-18(25-26-28)21(29)24-19(23-20)16-4-2-10-27(13-16)22(30)17-5-3-11-31-17/h3,5-9,11,16H,2,4,10,12-13H2,1H3,(H,23,24,29)/t16-/m0/s1. The number of aromatic amines is 1. The molecule has 9 nitrogen and oxygen atoms in total. The van der Waals surface area contributed by atoms with Crippen molar-refractivity contribution >= 4 is 17.1 Å². The summed E-state index contributed by atoms with van der Waals surface area (Å²) in [5.74, 6) is 0.650. The number of hydrogen-bond acceptors (Lipinski definition) is 6. The van der Waals surface area contributed by atoms with Gasteiger partial charge in [0.15, 0.2) is 16.9 Å². The normalized spacial score (nSPS) is 16.7. The second-order valence-electron chi connectivity index (χ2n) is 7.92. The van der Waals surface area contributed by atoms with Crippen molar-refractivity contribution in [3.05, 3.63) is 75.7 Å². The van der Waals surface area contributed by atoms with Gasteiger partial charge in [0.05, 0.1) is 12.8 Å². The van der Waals surface area contributed by atoms with Gasteiger partial charge < -0.3 is 14.3 Å². The lowest BCUT2D eigenvalue weighted by atomic mass is 9.97. The van der Waals surface area contributed by atoms with E-state index in [1.54, 1.807) is 21.7 Å². The molecule has 0 radical (unpaired) electrons. The molecular weight excluding hydrogens is 396 g/mol. The third kappa shape index (κ3) is 3.74. The number of likely N-dealkylation sites (tertiary alicyclic amines) is 1. The predicted octanol–water partition coefficient (Wildman–Crippen LogP) is 2.48. The van der Waals surface area contributed by atoms with Crippen molar-refractivity contribution < 1.29 is 9.21 Å². The summed E-state index contributed by atoms with van der Waals surface area (Å²) in [6, 6.07) is 11.5. The van der Waals surface area contributed by atoms with Gasteiger partial charge in [0.1, 0.15) is 5.82 Å². The van der Waals surface area contributed by atoms with Crippen LogP contribution >= 0.6 is 0 Å². The summed E-state index contributed by atoms with van der Waals surface area (Å²) in [6.45, 7) is 3.62. The number of carbonyl (C=O) groups excluding carboxylic acids is 1. The summed E-state index contributed by atoms with van der Waals surface area (Å²) in [7, 11) is 0. The van der Waals surface area contributed by atoms with Crippen LogP contribution < -0.4 is 5.56 Å². The van der Waals surface area contributed by atoms with E-state index in [2.05, 4.69) is 15.3 Å². The summed E-state index contributed by atoms with van der Waals surface area (Å²) in [5.41, 5.74) is 2.58. The average molecular weight is 418 g/mol. The van der Waals surface area contributed by atoms with Crippen molar-refractivity contribution in [3.63, 3.8) is 0 Å². The van der Waals surface area contributed by atoms with Crippen LogP contribution in [0.1, 0.15) is 46.3 Å². The van der Waals surface area contributed by atoms with E-state index in [1.165, 1.54) is 11.8 Å². The number of aromatic nitrogens is 5. The number of hydrogen-bond donors (Lipinski definition) is 1. The third-order valence-corrected chi connectivity index (χ3v) is 5.67. The fraction of sp³-hybridized carbons (Fsp3) is 0.318. The molecule has 0 unspecified atom stereocenters. The van der Waals surface area contributed by atoms with E-state index in [-0.39, 0.29) is 22.9 Å². The molecule has 1 saturated heterocycles. The maximum absolute atomic E-state index is 12.7. The maximum atomic E-state index is 12.7. The second kappa shape index (κ2) is 7.82. The highest BCUT2D eigenvalue weighted by molar-refractivity contribution is 5.91. The van der Waals surface area contributed by atoms with Crippen molar-refractivity contribution in [2.45, 2.75) is 32.2 Å². The van der Waals surface area contributed by atoms with Gasteiger partial charge in [-0.3, -0.25) is 9.59 Å². The van der Waals surface area contributed by atoms with Crippen molar-refractivity contribution in [1.82, 2.24) is 29.9 Å². The molecule has 31 heavy (non-hydrogen) atoms.